The molecule has 5 nitrogen and oxygen atoms in total. The minimum absolute atomic E-state index is 0.0101. The van der Waals surface area contributed by atoms with Gasteiger partial charge in [0.1, 0.15) is 17.6 Å². The molecule has 0 saturated carbocycles. The Kier molecular flexibility index (Phi) is 4.71. The summed E-state index contributed by atoms with van der Waals surface area (Å²) in [4.78, 5) is 3.36. The van der Waals surface area contributed by atoms with Crippen LogP contribution in [0.3, 0.4) is 0 Å². The third-order valence-corrected chi connectivity index (χ3v) is 2.16. The lowest BCUT2D eigenvalue weighted by Crippen LogP contribution is -2.23. The van der Waals surface area contributed by atoms with E-state index in [4.69, 9.17) is 20.6 Å². The van der Waals surface area contributed by atoms with Gasteiger partial charge in [0.25, 0.3) is 0 Å². The Labute approximate surface area is 108 Å². The van der Waals surface area contributed by atoms with Crippen LogP contribution in [0.4, 0.5) is 13.2 Å². The summed E-state index contributed by atoms with van der Waals surface area (Å²) in [6.45, 7) is 1.78. The van der Waals surface area contributed by atoms with Gasteiger partial charge in [-0.3, -0.25) is 5.41 Å². The number of nitrogens with one attached hydrogen (secondary N) is 1. The number of hydrogen-bond acceptors (Lipinski definition) is 4. The van der Waals surface area contributed by atoms with Crippen LogP contribution in [-0.4, -0.2) is 30.6 Å². The minimum Gasteiger partial charge on any atom is -0.472 e. The number of halogens is 3. The second-order valence-electron chi connectivity index (χ2n) is 3.84. The number of methoxy groups -OCH3 is 1. The molecule has 3 N–H and O–H groups in total. The van der Waals surface area contributed by atoms with Gasteiger partial charge in [0.05, 0.1) is 12.2 Å². The zero-order chi connectivity index (χ0) is 14.6. The van der Waals surface area contributed by atoms with E-state index in [0.29, 0.717) is 0 Å². The Morgan fingerprint density at radius 3 is 2.58 bits per heavy atom. The van der Waals surface area contributed by atoms with Crippen LogP contribution in [0.15, 0.2) is 12.1 Å². The zero-order valence-corrected chi connectivity index (χ0v) is 10.4. The maximum atomic E-state index is 12.6. The van der Waals surface area contributed by atoms with E-state index in [9.17, 15) is 13.2 Å². The summed E-state index contributed by atoms with van der Waals surface area (Å²) >= 11 is 0. The largest absolute Gasteiger partial charge is 0.472 e. The van der Waals surface area contributed by atoms with Crippen LogP contribution in [0.25, 0.3) is 0 Å². The second-order valence-corrected chi connectivity index (χ2v) is 3.84. The summed E-state index contributed by atoms with van der Waals surface area (Å²) in [6.07, 6.45) is -5.10. The third-order valence-electron chi connectivity index (χ3n) is 2.16. The van der Waals surface area contributed by atoms with Crippen LogP contribution < -0.4 is 10.5 Å². The molecular formula is C11H14F3N3O2. The highest BCUT2D eigenvalue weighted by Crippen LogP contribution is 2.30. The van der Waals surface area contributed by atoms with Crippen LogP contribution in [0, 0.1) is 5.41 Å². The van der Waals surface area contributed by atoms with Gasteiger partial charge in [-0.25, -0.2) is 4.98 Å². The SMILES string of the molecule is COCC(C)Oc1nc(C(F)(F)F)ccc1C(=N)N. The molecule has 0 saturated heterocycles. The molecule has 0 aliphatic heterocycles. The lowest BCUT2D eigenvalue weighted by atomic mass is 10.2. The van der Waals surface area contributed by atoms with Crippen LogP contribution in [-0.2, 0) is 10.9 Å². The summed E-state index contributed by atoms with van der Waals surface area (Å²) in [7, 11) is 1.44. The van der Waals surface area contributed by atoms with Crippen molar-refractivity contribution in [3.8, 4) is 5.88 Å². The fourth-order valence-electron chi connectivity index (χ4n) is 1.35. The molecule has 1 heterocycles. The molecule has 0 radical (unpaired) electrons. The number of aromatic nitrogens is 1. The van der Waals surface area contributed by atoms with Crippen molar-refractivity contribution in [3.63, 3.8) is 0 Å². The zero-order valence-electron chi connectivity index (χ0n) is 10.4. The van der Waals surface area contributed by atoms with Gasteiger partial charge < -0.3 is 15.2 Å². The van der Waals surface area contributed by atoms with Gasteiger partial charge in [0.15, 0.2) is 0 Å². The molecule has 1 aromatic rings. The van der Waals surface area contributed by atoms with Gasteiger partial charge in [-0.2, -0.15) is 13.2 Å². The van der Waals surface area contributed by atoms with Crippen LogP contribution in [0.1, 0.15) is 18.2 Å². The van der Waals surface area contributed by atoms with Gasteiger partial charge >= 0.3 is 6.18 Å². The van der Waals surface area contributed by atoms with Crippen molar-refractivity contribution in [2.45, 2.75) is 19.2 Å². The number of nitrogens with two attached hydrogens (primary N) is 1. The van der Waals surface area contributed by atoms with E-state index in [-0.39, 0.29) is 18.1 Å². The molecule has 1 atom stereocenters. The molecule has 0 aromatic carbocycles. The average molecular weight is 277 g/mol. The first-order chi connectivity index (χ1) is 8.75. The minimum atomic E-state index is -4.59. The predicted octanol–water partition coefficient (Wildman–Crippen LogP) is 1.80. The summed E-state index contributed by atoms with van der Waals surface area (Å²) in [6, 6.07) is 1.82. The monoisotopic (exact) mass is 277 g/mol. The van der Waals surface area contributed by atoms with Crippen LogP contribution in [0.2, 0.25) is 0 Å². The van der Waals surface area contributed by atoms with Gasteiger partial charge in [-0.1, -0.05) is 0 Å². The van der Waals surface area contributed by atoms with Crippen molar-refractivity contribution >= 4 is 5.84 Å². The quantitative estimate of drug-likeness (QED) is 0.635. The summed E-state index contributed by atoms with van der Waals surface area (Å²) in [5, 5.41) is 7.29. The highest BCUT2D eigenvalue weighted by Gasteiger charge is 2.33. The van der Waals surface area contributed by atoms with E-state index in [0.717, 1.165) is 12.1 Å². The maximum absolute atomic E-state index is 12.6. The molecule has 1 aromatic heterocycles. The number of pyridine rings is 1. The first kappa shape index (κ1) is 15.2. The van der Waals surface area contributed by atoms with E-state index in [2.05, 4.69) is 4.98 Å². The molecule has 0 bridgehead atoms. The Bertz CT molecular complexity index is 463. The molecule has 1 rings (SSSR count). The van der Waals surface area contributed by atoms with Crippen molar-refractivity contribution in [2.75, 3.05) is 13.7 Å². The van der Waals surface area contributed by atoms with E-state index in [1.807, 2.05) is 0 Å². The molecule has 0 spiro atoms. The van der Waals surface area contributed by atoms with Crippen molar-refractivity contribution in [1.82, 2.24) is 4.98 Å². The number of amidine groups is 1. The molecule has 8 heteroatoms. The molecule has 0 fully saturated rings. The Morgan fingerprint density at radius 2 is 2.11 bits per heavy atom. The average Bonchev–Trinajstić information content (AvgIpc) is 2.27. The number of hydrogen-bond donors (Lipinski definition) is 2. The third kappa shape index (κ3) is 4.09. The van der Waals surface area contributed by atoms with E-state index in [1.165, 1.54) is 7.11 Å². The lowest BCUT2D eigenvalue weighted by molar-refractivity contribution is -0.141. The fraction of sp³-hybridized carbons (Fsp3) is 0.455. The van der Waals surface area contributed by atoms with Crippen molar-refractivity contribution < 1.29 is 22.6 Å². The Balaban J connectivity index is 3.12. The van der Waals surface area contributed by atoms with Crippen molar-refractivity contribution in [2.24, 2.45) is 5.73 Å². The first-order valence-electron chi connectivity index (χ1n) is 5.34. The van der Waals surface area contributed by atoms with Crippen LogP contribution in [0.5, 0.6) is 5.88 Å². The number of nitrogen functional groups attached to an aromatic ring is 1. The fourth-order valence-corrected chi connectivity index (χ4v) is 1.35. The molecule has 0 amide bonds. The molecule has 19 heavy (non-hydrogen) atoms. The highest BCUT2D eigenvalue weighted by atomic mass is 19.4. The maximum Gasteiger partial charge on any atom is 0.433 e. The summed E-state index contributed by atoms with van der Waals surface area (Å²) in [5.41, 5.74) is 4.18. The van der Waals surface area contributed by atoms with Gasteiger partial charge in [0.2, 0.25) is 5.88 Å². The predicted molar refractivity (Wildman–Crippen MR) is 62.2 cm³/mol. The smallest absolute Gasteiger partial charge is 0.433 e. The second kappa shape index (κ2) is 5.87. The van der Waals surface area contributed by atoms with Gasteiger partial charge in [-0.15, -0.1) is 0 Å². The number of rotatable bonds is 5. The van der Waals surface area contributed by atoms with Crippen molar-refractivity contribution in [1.29, 1.82) is 5.41 Å². The highest BCUT2D eigenvalue weighted by molar-refractivity contribution is 5.97. The lowest BCUT2D eigenvalue weighted by Gasteiger charge is -2.16. The number of nitrogens with zero attached hydrogens (tertiary/aromatic N) is 1. The summed E-state index contributed by atoms with van der Waals surface area (Å²) in [5.74, 6) is -0.743. The van der Waals surface area contributed by atoms with Gasteiger partial charge in [0, 0.05) is 7.11 Å². The number of alkyl halides is 3. The molecule has 0 aliphatic rings. The van der Waals surface area contributed by atoms with Crippen LogP contribution >= 0.6 is 0 Å². The Morgan fingerprint density at radius 1 is 1.47 bits per heavy atom. The van der Waals surface area contributed by atoms with Crippen molar-refractivity contribution in [3.05, 3.63) is 23.4 Å². The first-order valence-corrected chi connectivity index (χ1v) is 5.34. The molecule has 1 unspecified atom stereocenters. The molecular weight excluding hydrogens is 263 g/mol. The van der Waals surface area contributed by atoms with E-state index >= 15 is 0 Å². The van der Waals surface area contributed by atoms with E-state index in [1.54, 1.807) is 6.92 Å². The molecule has 0 aliphatic carbocycles. The topological polar surface area (TPSA) is 81.2 Å². The molecule has 106 valence electrons. The number of ether oxygens (including phenoxy) is 2. The summed E-state index contributed by atoms with van der Waals surface area (Å²) < 4.78 is 47.7. The normalized spacial score (nSPS) is 13.1. The standard InChI is InChI=1S/C11H14F3N3O2/c1-6(5-18-2)19-10-7(9(15)16)3-4-8(17-10)11(12,13)14/h3-4,6H,5H2,1-2H3,(H3,15,16). The van der Waals surface area contributed by atoms with Gasteiger partial charge in [-0.05, 0) is 19.1 Å². The Hall–Kier alpha value is -1.83. The van der Waals surface area contributed by atoms with E-state index < -0.39 is 23.8 Å².